The zero-order valence-corrected chi connectivity index (χ0v) is 20.6. The van der Waals surface area contributed by atoms with E-state index in [1.54, 1.807) is 11.3 Å². The van der Waals surface area contributed by atoms with E-state index in [9.17, 15) is 9.65 Å². The van der Waals surface area contributed by atoms with Crippen LogP contribution in [0.1, 0.15) is 54.3 Å². The van der Waals surface area contributed by atoms with Gasteiger partial charge in [-0.2, -0.15) is 5.26 Å². The summed E-state index contributed by atoms with van der Waals surface area (Å²) in [5, 5.41) is 11.8. The average molecular weight is 470 g/mol. The highest BCUT2D eigenvalue weighted by Crippen LogP contribution is 2.45. The van der Waals surface area contributed by atoms with E-state index in [0.29, 0.717) is 12.5 Å². The van der Waals surface area contributed by atoms with E-state index in [4.69, 9.17) is 4.99 Å². The molecule has 2 aromatic carbocycles. The SMILES string of the molecule is CC(C)(C)[C@@H]1CCc2c(sc(N=Cc3cn(Cc4ccc(F)cc4)c4ccccc34)c2C#N)C1. The number of nitrogens with zero attached hydrogens (tertiary/aromatic N) is 3. The number of thiophene rings is 1. The third kappa shape index (κ3) is 4.31. The molecule has 0 saturated heterocycles. The fourth-order valence-corrected chi connectivity index (χ4v) is 6.16. The molecule has 34 heavy (non-hydrogen) atoms. The lowest BCUT2D eigenvalue weighted by Crippen LogP contribution is -2.26. The van der Waals surface area contributed by atoms with Crippen molar-refractivity contribution in [3.05, 3.63) is 87.7 Å². The quantitative estimate of drug-likeness (QED) is 0.283. The van der Waals surface area contributed by atoms with Gasteiger partial charge >= 0.3 is 0 Å². The molecule has 0 amide bonds. The summed E-state index contributed by atoms with van der Waals surface area (Å²) in [6.45, 7) is 7.58. The Bertz CT molecular complexity index is 1410. The number of aromatic nitrogens is 1. The molecule has 4 aromatic rings. The molecule has 5 heteroatoms. The Hall–Kier alpha value is -3.23. The largest absolute Gasteiger partial charge is 0.342 e. The van der Waals surface area contributed by atoms with Crippen molar-refractivity contribution in [3.8, 4) is 6.07 Å². The van der Waals surface area contributed by atoms with E-state index in [2.05, 4.69) is 49.7 Å². The van der Waals surface area contributed by atoms with Crippen LogP contribution in [-0.4, -0.2) is 10.8 Å². The highest BCUT2D eigenvalue weighted by molar-refractivity contribution is 7.16. The maximum Gasteiger partial charge on any atom is 0.134 e. The van der Waals surface area contributed by atoms with Crippen molar-refractivity contribution in [3.63, 3.8) is 0 Å². The number of aliphatic imine (C=N–C) groups is 1. The van der Waals surface area contributed by atoms with Crippen LogP contribution in [-0.2, 0) is 19.4 Å². The number of rotatable bonds is 4. The lowest BCUT2D eigenvalue weighted by molar-refractivity contribution is 0.218. The molecule has 0 unspecified atom stereocenters. The molecule has 0 N–H and O–H groups in total. The normalized spacial score (nSPS) is 16.1. The zero-order chi connectivity index (χ0) is 23.9. The number of para-hydroxylation sites is 1. The van der Waals surface area contributed by atoms with Crippen LogP contribution >= 0.6 is 11.3 Å². The van der Waals surface area contributed by atoms with E-state index in [0.717, 1.165) is 51.9 Å². The van der Waals surface area contributed by atoms with Crippen LogP contribution < -0.4 is 0 Å². The summed E-state index contributed by atoms with van der Waals surface area (Å²) in [6.07, 6.45) is 7.10. The predicted molar refractivity (Wildman–Crippen MR) is 139 cm³/mol. The number of halogens is 1. The summed E-state index contributed by atoms with van der Waals surface area (Å²) in [4.78, 5) is 6.16. The van der Waals surface area contributed by atoms with Crippen LogP contribution in [0.15, 0.2) is 59.7 Å². The number of hydrogen-bond acceptors (Lipinski definition) is 3. The second kappa shape index (κ2) is 8.85. The van der Waals surface area contributed by atoms with Crippen molar-refractivity contribution < 1.29 is 4.39 Å². The molecule has 0 bridgehead atoms. The van der Waals surface area contributed by atoms with E-state index < -0.39 is 0 Å². The third-order valence-electron chi connectivity index (χ3n) is 6.99. The second-order valence-corrected chi connectivity index (χ2v) is 11.3. The summed E-state index contributed by atoms with van der Waals surface area (Å²) in [5.74, 6) is 0.404. The summed E-state index contributed by atoms with van der Waals surface area (Å²) in [6, 6.07) is 17.3. The highest BCUT2D eigenvalue weighted by atomic mass is 32.1. The van der Waals surface area contributed by atoms with Crippen molar-refractivity contribution in [1.82, 2.24) is 4.57 Å². The molecule has 2 aromatic heterocycles. The first-order valence-corrected chi connectivity index (χ1v) is 12.6. The van der Waals surface area contributed by atoms with Gasteiger partial charge in [-0.25, -0.2) is 9.38 Å². The van der Waals surface area contributed by atoms with Gasteiger partial charge in [0, 0.05) is 40.3 Å². The fourth-order valence-electron chi connectivity index (χ4n) is 4.94. The van der Waals surface area contributed by atoms with Crippen LogP contribution in [0.5, 0.6) is 0 Å². The van der Waals surface area contributed by atoms with E-state index in [1.165, 1.54) is 22.6 Å². The lowest BCUT2D eigenvalue weighted by Gasteiger charge is -2.33. The number of fused-ring (bicyclic) bond motifs is 2. The molecule has 0 radical (unpaired) electrons. The van der Waals surface area contributed by atoms with Crippen molar-refractivity contribution in [2.24, 2.45) is 16.3 Å². The van der Waals surface area contributed by atoms with Gasteiger partial charge in [0.25, 0.3) is 0 Å². The molecule has 3 nitrogen and oxygen atoms in total. The van der Waals surface area contributed by atoms with Crippen molar-refractivity contribution in [2.45, 2.75) is 46.6 Å². The summed E-state index contributed by atoms with van der Waals surface area (Å²) in [5.41, 5.74) is 5.38. The topological polar surface area (TPSA) is 41.1 Å². The predicted octanol–water partition coefficient (Wildman–Crippen LogP) is 7.66. The molecule has 0 aliphatic heterocycles. The van der Waals surface area contributed by atoms with E-state index >= 15 is 0 Å². The lowest BCUT2D eigenvalue weighted by atomic mass is 9.72. The van der Waals surface area contributed by atoms with Gasteiger partial charge in [0.2, 0.25) is 0 Å². The molecule has 1 atom stereocenters. The monoisotopic (exact) mass is 469 g/mol. The van der Waals surface area contributed by atoms with Crippen molar-refractivity contribution in [2.75, 3.05) is 0 Å². The van der Waals surface area contributed by atoms with E-state index in [-0.39, 0.29) is 11.2 Å². The summed E-state index contributed by atoms with van der Waals surface area (Å²) < 4.78 is 15.5. The maximum atomic E-state index is 13.3. The van der Waals surface area contributed by atoms with Gasteiger partial charge in [0.1, 0.15) is 16.9 Å². The standard InChI is InChI=1S/C29H28FN3S/c1-29(2,3)21-10-13-24-25(15-31)28(34-27(24)14-21)32-16-20-18-33(26-7-5-4-6-23(20)26)17-19-8-11-22(30)12-9-19/h4-9,11-12,16,18,21H,10,13-14,17H2,1-3H3/t21-/m1/s1. The van der Waals surface area contributed by atoms with Crippen LogP contribution in [0.3, 0.4) is 0 Å². The number of nitriles is 1. The van der Waals surface area contributed by atoms with Gasteiger partial charge in [-0.3, -0.25) is 0 Å². The van der Waals surface area contributed by atoms with Gasteiger partial charge < -0.3 is 4.57 Å². The fraction of sp³-hybridized carbons (Fsp3) is 0.310. The van der Waals surface area contributed by atoms with Gasteiger partial charge in [0.15, 0.2) is 0 Å². The van der Waals surface area contributed by atoms with Gasteiger partial charge in [0.05, 0.1) is 5.56 Å². The van der Waals surface area contributed by atoms with Crippen LogP contribution in [0.4, 0.5) is 9.39 Å². The first-order chi connectivity index (χ1) is 16.3. The minimum absolute atomic E-state index is 0.227. The Morgan fingerprint density at radius 2 is 1.94 bits per heavy atom. The molecule has 1 aliphatic carbocycles. The Labute approximate surface area is 204 Å². The molecule has 0 fully saturated rings. The highest BCUT2D eigenvalue weighted by Gasteiger charge is 2.32. The Balaban J connectivity index is 1.48. The van der Waals surface area contributed by atoms with Gasteiger partial charge in [-0.1, -0.05) is 51.1 Å². The Kier molecular flexibility index (Phi) is 5.87. The van der Waals surface area contributed by atoms with Gasteiger partial charge in [-0.15, -0.1) is 11.3 Å². The summed E-state index contributed by atoms with van der Waals surface area (Å²) in [7, 11) is 0. The number of hydrogen-bond donors (Lipinski definition) is 0. The molecule has 2 heterocycles. The van der Waals surface area contributed by atoms with Crippen molar-refractivity contribution in [1.29, 1.82) is 5.26 Å². The maximum absolute atomic E-state index is 13.3. The molecule has 172 valence electrons. The van der Waals surface area contributed by atoms with Crippen LogP contribution in [0.25, 0.3) is 10.9 Å². The zero-order valence-electron chi connectivity index (χ0n) is 19.8. The summed E-state index contributed by atoms with van der Waals surface area (Å²) >= 11 is 1.68. The molecule has 0 saturated carbocycles. The molecular weight excluding hydrogens is 441 g/mol. The Morgan fingerprint density at radius 1 is 1.18 bits per heavy atom. The van der Waals surface area contributed by atoms with E-state index in [1.807, 2.05) is 30.5 Å². The molecular formula is C29H28FN3S. The smallest absolute Gasteiger partial charge is 0.134 e. The average Bonchev–Trinajstić information content (AvgIpc) is 3.35. The third-order valence-corrected chi connectivity index (χ3v) is 8.15. The molecule has 5 rings (SSSR count). The van der Waals surface area contributed by atoms with Crippen LogP contribution in [0.2, 0.25) is 0 Å². The first-order valence-electron chi connectivity index (χ1n) is 11.7. The molecule has 0 spiro atoms. The van der Waals surface area contributed by atoms with Gasteiger partial charge in [-0.05, 0) is 59.9 Å². The molecule has 1 aliphatic rings. The Morgan fingerprint density at radius 3 is 2.68 bits per heavy atom. The number of benzene rings is 2. The minimum atomic E-state index is -0.227. The van der Waals surface area contributed by atoms with Crippen molar-refractivity contribution >= 4 is 33.5 Å². The minimum Gasteiger partial charge on any atom is -0.342 e. The second-order valence-electron chi connectivity index (χ2n) is 10.2. The van der Waals surface area contributed by atoms with Crippen LogP contribution in [0, 0.1) is 28.5 Å². The first kappa shape index (κ1) is 22.6.